The van der Waals surface area contributed by atoms with E-state index in [9.17, 15) is 14.4 Å². The number of rotatable bonds is 1. The van der Waals surface area contributed by atoms with E-state index in [1.54, 1.807) is 6.92 Å². The Morgan fingerprint density at radius 3 is 2.29 bits per heavy atom. The summed E-state index contributed by atoms with van der Waals surface area (Å²) in [6.07, 6.45) is 0.0579. The lowest BCUT2D eigenvalue weighted by Crippen LogP contribution is -2.50. The lowest BCUT2D eigenvalue weighted by atomic mass is 9.91. The van der Waals surface area contributed by atoms with E-state index in [2.05, 4.69) is 5.32 Å². The Labute approximate surface area is 84.1 Å². The molecule has 0 aromatic carbocycles. The van der Waals surface area contributed by atoms with Crippen molar-refractivity contribution < 1.29 is 14.4 Å². The van der Waals surface area contributed by atoms with E-state index in [1.807, 2.05) is 13.8 Å². The van der Waals surface area contributed by atoms with Gasteiger partial charge in [-0.2, -0.15) is 0 Å². The normalized spacial score (nSPS) is 26.0. The minimum Gasteiger partial charge on any atom is -0.346 e. The van der Waals surface area contributed by atoms with Crippen LogP contribution in [0, 0.1) is 5.92 Å². The molecule has 4 nitrogen and oxygen atoms in total. The van der Waals surface area contributed by atoms with Crippen molar-refractivity contribution in [3.8, 4) is 0 Å². The summed E-state index contributed by atoms with van der Waals surface area (Å²) in [6.45, 7) is 6.95. The first-order chi connectivity index (χ1) is 6.52. The molecule has 0 aromatic rings. The Morgan fingerprint density at radius 2 is 1.86 bits per heavy atom. The van der Waals surface area contributed by atoms with Gasteiger partial charge >= 0.3 is 0 Å². The molecular formula is C10H17NO3. The fourth-order valence-corrected chi connectivity index (χ4v) is 1.19. The molecule has 0 aliphatic carbocycles. The molecule has 0 bridgehead atoms. The summed E-state index contributed by atoms with van der Waals surface area (Å²) in [6, 6.07) is -0.437. The SMILES string of the molecule is CC.CC(=O)C1CC(=O)C(C)NC1=O. The number of nitrogens with one attached hydrogen (secondary N) is 1. The van der Waals surface area contributed by atoms with E-state index in [-0.39, 0.29) is 23.9 Å². The highest BCUT2D eigenvalue weighted by molar-refractivity contribution is 6.08. The Morgan fingerprint density at radius 1 is 1.36 bits per heavy atom. The molecule has 1 heterocycles. The number of carbonyl (C=O) groups is 3. The smallest absolute Gasteiger partial charge is 0.231 e. The van der Waals surface area contributed by atoms with Gasteiger partial charge in [0.25, 0.3) is 0 Å². The lowest BCUT2D eigenvalue weighted by molar-refractivity contribution is -0.141. The Balaban J connectivity index is 0.000000791. The topological polar surface area (TPSA) is 63.2 Å². The van der Waals surface area contributed by atoms with E-state index in [1.165, 1.54) is 6.92 Å². The van der Waals surface area contributed by atoms with Gasteiger partial charge in [0.1, 0.15) is 11.7 Å². The Kier molecular flexibility index (Phi) is 5.05. The Bertz CT molecular complexity index is 248. The van der Waals surface area contributed by atoms with Gasteiger partial charge in [0.15, 0.2) is 5.78 Å². The van der Waals surface area contributed by atoms with Crippen molar-refractivity contribution in [3.63, 3.8) is 0 Å². The summed E-state index contributed by atoms with van der Waals surface area (Å²) in [4.78, 5) is 33.0. The van der Waals surface area contributed by atoms with Crippen molar-refractivity contribution >= 4 is 17.5 Å². The van der Waals surface area contributed by atoms with E-state index in [4.69, 9.17) is 0 Å². The maximum atomic E-state index is 11.1. The zero-order valence-corrected chi connectivity index (χ0v) is 9.09. The van der Waals surface area contributed by atoms with Crippen LogP contribution in [0.4, 0.5) is 0 Å². The van der Waals surface area contributed by atoms with Crippen LogP contribution in [0.1, 0.15) is 34.1 Å². The number of hydrogen-bond donors (Lipinski definition) is 1. The van der Waals surface area contributed by atoms with Crippen LogP contribution in [0.25, 0.3) is 0 Å². The van der Waals surface area contributed by atoms with Crippen molar-refractivity contribution in [3.05, 3.63) is 0 Å². The van der Waals surface area contributed by atoms with Crippen molar-refractivity contribution in [1.29, 1.82) is 0 Å². The van der Waals surface area contributed by atoms with Crippen LogP contribution in [0.2, 0.25) is 0 Å². The molecule has 0 radical (unpaired) electrons. The highest BCUT2D eigenvalue weighted by Gasteiger charge is 2.34. The molecule has 1 N–H and O–H groups in total. The number of hydrogen-bond acceptors (Lipinski definition) is 3. The molecule has 0 saturated carbocycles. The van der Waals surface area contributed by atoms with Gasteiger partial charge in [-0.15, -0.1) is 0 Å². The van der Waals surface area contributed by atoms with Gasteiger partial charge in [-0.3, -0.25) is 14.4 Å². The lowest BCUT2D eigenvalue weighted by Gasteiger charge is -2.23. The third kappa shape index (κ3) is 2.94. The fourth-order valence-electron chi connectivity index (χ4n) is 1.19. The molecule has 2 unspecified atom stereocenters. The number of piperidine rings is 1. The van der Waals surface area contributed by atoms with Crippen molar-refractivity contribution in [2.75, 3.05) is 0 Å². The largest absolute Gasteiger partial charge is 0.346 e. The van der Waals surface area contributed by atoms with Gasteiger partial charge in [-0.05, 0) is 13.8 Å². The summed E-state index contributed by atoms with van der Waals surface area (Å²) in [7, 11) is 0. The predicted octanol–water partition coefficient (Wildman–Crippen LogP) is 0.695. The van der Waals surface area contributed by atoms with Gasteiger partial charge in [-0.1, -0.05) is 13.8 Å². The molecule has 1 rings (SSSR count). The average molecular weight is 199 g/mol. The molecule has 1 amide bonds. The van der Waals surface area contributed by atoms with E-state index in [0.29, 0.717) is 0 Å². The minimum absolute atomic E-state index is 0.0579. The van der Waals surface area contributed by atoms with Gasteiger partial charge in [0.05, 0.1) is 6.04 Å². The van der Waals surface area contributed by atoms with Crippen LogP contribution in [0.5, 0.6) is 0 Å². The molecule has 14 heavy (non-hydrogen) atoms. The molecule has 4 heteroatoms. The first-order valence-corrected chi connectivity index (χ1v) is 4.86. The molecule has 1 fully saturated rings. The second kappa shape index (κ2) is 5.52. The molecule has 80 valence electrons. The number of ketones is 2. The molecule has 0 spiro atoms. The molecule has 1 aliphatic heterocycles. The van der Waals surface area contributed by atoms with Gasteiger partial charge in [0, 0.05) is 6.42 Å². The standard InChI is InChI=1S/C8H11NO3.C2H6/c1-4-7(11)3-6(5(2)10)8(12)9-4;1-2/h4,6H,3H2,1-2H3,(H,9,12);1-2H3. The third-order valence-electron chi connectivity index (χ3n) is 2.05. The molecule has 2 atom stereocenters. The average Bonchev–Trinajstić information content (AvgIpc) is 2.14. The zero-order valence-electron chi connectivity index (χ0n) is 9.09. The molecule has 1 saturated heterocycles. The first-order valence-electron chi connectivity index (χ1n) is 4.86. The van der Waals surface area contributed by atoms with E-state index >= 15 is 0 Å². The molecular weight excluding hydrogens is 182 g/mol. The maximum Gasteiger partial charge on any atom is 0.231 e. The predicted molar refractivity (Wildman–Crippen MR) is 52.7 cm³/mol. The van der Waals surface area contributed by atoms with Crippen molar-refractivity contribution in [2.45, 2.75) is 40.2 Å². The maximum absolute atomic E-state index is 11.1. The zero-order chi connectivity index (χ0) is 11.3. The van der Waals surface area contributed by atoms with Gasteiger partial charge < -0.3 is 5.32 Å². The van der Waals surface area contributed by atoms with Crippen LogP contribution in [0.3, 0.4) is 0 Å². The fraction of sp³-hybridized carbons (Fsp3) is 0.700. The monoisotopic (exact) mass is 199 g/mol. The van der Waals surface area contributed by atoms with Crippen LogP contribution in [-0.2, 0) is 14.4 Å². The minimum atomic E-state index is -0.756. The summed E-state index contributed by atoms with van der Waals surface area (Å²) < 4.78 is 0. The second-order valence-corrected chi connectivity index (χ2v) is 3.06. The van der Waals surface area contributed by atoms with Gasteiger partial charge in [0.2, 0.25) is 5.91 Å². The first kappa shape index (κ1) is 12.8. The summed E-state index contributed by atoms with van der Waals surface area (Å²) in [5.41, 5.74) is 0. The van der Waals surface area contributed by atoms with E-state index < -0.39 is 12.0 Å². The summed E-state index contributed by atoms with van der Waals surface area (Å²) >= 11 is 0. The van der Waals surface area contributed by atoms with E-state index in [0.717, 1.165) is 0 Å². The molecule has 0 aromatic heterocycles. The highest BCUT2D eigenvalue weighted by Crippen LogP contribution is 2.12. The molecule has 1 aliphatic rings. The van der Waals surface area contributed by atoms with Crippen molar-refractivity contribution in [1.82, 2.24) is 5.32 Å². The number of amides is 1. The number of carbonyl (C=O) groups excluding carboxylic acids is 3. The van der Waals surface area contributed by atoms with Gasteiger partial charge in [-0.25, -0.2) is 0 Å². The summed E-state index contributed by atoms with van der Waals surface area (Å²) in [5.74, 6) is -1.40. The van der Waals surface area contributed by atoms with Crippen LogP contribution < -0.4 is 5.32 Å². The summed E-state index contributed by atoms with van der Waals surface area (Å²) in [5, 5.41) is 2.45. The van der Waals surface area contributed by atoms with Crippen molar-refractivity contribution in [2.24, 2.45) is 5.92 Å². The second-order valence-electron chi connectivity index (χ2n) is 3.06. The highest BCUT2D eigenvalue weighted by atomic mass is 16.2. The quantitative estimate of drug-likeness (QED) is 0.632. The number of Topliss-reactive ketones (excluding diaryl/α,β-unsaturated/α-hetero) is 2. The van der Waals surface area contributed by atoms with Crippen LogP contribution in [0.15, 0.2) is 0 Å². The van der Waals surface area contributed by atoms with Crippen LogP contribution in [-0.4, -0.2) is 23.5 Å². The third-order valence-corrected chi connectivity index (χ3v) is 2.05. The van der Waals surface area contributed by atoms with Crippen LogP contribution >= 0.6 is 0 Å². The Hall–Kier alpha value is -1.19.